The van der Waals surface area contributed by atoms with Gasteiger partial charge in [0.15, 0.2) is 10.7 Å². The number of aromatic nitrogens is 2. The number of fused-ring (bicyclic) bond motifs is 3. The highest BCUT2D eigenvalue weighted by Gasteiger charge is 2.34. The summed E-state index contributed by atoms with van der Waals surface area (Å²) in [5.74, 6) is -0.288. The highest BCUT2D eigenvalue weighted by atomic mass is 35.5. The fraction of sp³-hybridized carbons (Fsp3) is 0.316. The van der Waals surface area contributed by atoms with Gasteiger partial charge in [-0.05, 0) is 25.0 Å². The van der Waals surface area contributed by atoms with Crippen LogP contribution in [0.1, 0.15) is 23.3 Å². The largest absolute Gasteiger partial charge is 0.336 e. The number of imidazole rings is 1. The van der Waals surface area contributed by atoms with Crippen LogP contribution < -0.4 is 0 Å². The number of benzene rings is 1. The first kappa shape index (κ1) is 16.8. The molecule has 0 N–H and O–H groups in total. The number of piperazine rings is 1. The Labute approximate surface area is 164 Å². The second kappa shape index (κ2) is 6.35. The van der Waals surface area contributed by atoms with Crippen LogP contribution in [0.5, 0.6) is 0 Å². The van der Waals surface area contributed by atoms with Crippen molar-refractivity contribution in [2.45, 2.75) is 18.9 Å². The monoisotopic (exact) mass is 400 g/mol. The molecule has 3 heterocycles. The molecule has 0 spiro atoms. The predicted molar refractivity (Wildman–Crippen MR) is 105 cm³/mol. The lowest BCUT2D eigenvalue weighted by molar-refractivity contribution is -0.137. The van der Waals surface area contributed by atoms with Crippen molar-refractivity contribution in [3.05, 3.63) is 47.3 Å². The molecule has 3 aromatic rings. The molecule has 138 valence electrons. The third-order valence-corrected chi connectivity index (χ3v) is 6.64. The first-order valence-corrected chi connectivity index (χ1v) is 10.1. The van der Waals surface area contributed by atoms with Crippen LogP contribution in [0.25, 0.3) is 15.2 Å². The molecule has 0 radical (unpaired) electrons. The highest BCUT2D eigenvalue weighted by Crippen LogP contribution is 2.31. The van der Waals surface area contributed by atoms with Gasteiger partial charge in [0.2, 0.25) is 5.91 Å². The van der Waals surface area contributed by atoms with Crippen molar-refractivity contribution in [3.8, 4) is 0 Å². The third-order valence-electron chi connectivity index (χ3n) is 5.27. The maximum Gasteiger partial charge on any atom is 0.276 e. The van der Waals surface area contributed by atoms with Crippen LogP contribution in [0.3, 0.4) is 0 Å². The molecule has 27 heavy (non-hydrogen) atoms. The molecule has 1 fully saturated rings. The number of hydrogen-bond acceptors (Lipinski definition) is 4. The molecule has 1 aromatic carbocycles. The molecule has 6 nitrogen and oxygen atoms in total. The Bertz CT molecular complexity index is 1090. The summed E-state index contributed by atoms with van der Waals surface area (Å²) in [4.78, 5) is 34.1. The second-order valence-electron chi connectivity index (χ2n) is 6.85. The van der Waals surface area contributed by atoms with Gasteiger partial charge >= 0.3 is 0 Å². The van der Waals surface area contributed by atoms with Gasteiger partial charge in [-0.3, -0.25) is 14.0 Å². The number of hydrogen-bond donors (Lipinski definition) is 0. The quantitative estimate of drug-likeness (QED) is 0.621. The van der Waals surface area contributed by atoms with Crippen LogP contribution >= 0.6 is 22.9 Å². The van der Waals surface area contributed by atoms with E-state index in [-0.39, 0.29) is 30.1 Å². The minimum Gasteiger partial charge on any atom is -0.336 e. The molecule has 5 rings (SSSR count). The number of carbonyl (C=O) groups is 2. The van der Waals surface area contributed by atoms with E-state index in [4.69, 9.17) is 11.6 Å². The average Bonchev–Trinajstić information content (AvgIpc) is 3.38. The van der Waals surface area contributed by atoms with Crippen molar-refractivity contribution in [3.63, 3.8) is 0 Å². The molecule has 0 bridgehead atoms. The SMILES string of the molecule is O=C(c1nc2sc3ccccc3n2c1Cl)N1CCN(C2CC=CC2)C(=O)C1. The number of amides is 2. The first-order valence-electron chi connectivity index (χ1n) is 8.92. The third kappa shape index (κ3) is 2.64. The van der Waals surface area contributed by atoms with Gasteiger partial charge in [-0.15, -0.1) is 0 Å². The molecular formula is C19H17ClN4O2S. The first-order chi connectivity index (χ1) is 13.1. The van der Waals surface area contributed by atoms with Crippen LogP contribution in [-0.4, -0.2) is 56.7 Å². The van der Waals surface area contributed by atoms with Gasteiger partial charge in [-0.2, -0.15) is 0 Å². The van der Waals surface area contributed by atoms with Gasteiger partial charge in [0.05, 0.1) is 10.2 Å². The Morgan fingerprint density at radius 3 is 2.74 bits per heavy atom. The van der Waals surface area contributed by atoms with E-state index in [0.717, 1.165) is 23.1 Å². The van der Waals surface area contributed by atoms with E-state index in [1.165, 1.54) is 11.3 Å². The number of carbonyl (C=O) groups excluding carboxylic acids is 2. The van der Waals surface area contributed by atoms with Crippen LogP contribution in [0.4, 0.5) is 0 Å². The van der Waals surface area contributed by atoms with E-state index < -0.39 is 0 Å². The Balaban J connectivity index is 1.41. The van der Waals surface area contributed by atoms with Gasteiger partial charge in [-0.1, -0.05) is 47.2 Å². The smallest absolute Gasteiger partial charge is 0.276 e. The van der Waals surface area contributed by atoms with E-state index in [9.17, 15) is 9.59 Å². The normalized spacial score (nSPS) is 18.3. The Morgan fingerprint density at radius 2 is 1.96 bits per heavy atom. The summed E-state index contributed by atoms with van der Waals surface area (Å²) >= 11 is 8.01. The van der Waals surface area contributed by atoms with Crippen LogP contribution in [0.2, 0.25) is 5.15 Å². The van der Waals surface area contributed by atoms with Gasteiger partial charge in [0, 0.05) is 19.1 Å². The molecular weight excluding hydrogens is 384 g/mol. The zero-order chi connectivity index (χ0) is 18.5. The van der Waals surface area contributed by atoms with Crippen molar-refractivity contribution in [1.29, 1.82) is 0 Å². The standard InChI is InChI=1S/C19H17ClN4O2S/c20-17-16(21-19-24(17)13-7-3-4-8-14(13)27-19)18(26)22-9-10-23(15(25)11-22)12-5-1-2-6-12/h1-4,7-8,12H,5-6,9-11H2. The predicted octanol–water partition coefficient (Wildman–Crippen LogP) is 3.21. The molecule has 8 heteroatoms. The summed E-state index contributed by atoms with van der Waals surface area (Å²) in [6, 6.07) is 8.09. The number of halogens is 1. The summed E-state index contributed by atoms with van der Waals surface area (Å²) in [5, 5.41) is 0.308. The Hall–Kier alpha value is -2.38. The maximum atomic E-state index is 13.0. The topological polar surface area (TPSA) is 57.9 Å². The minimum absolute atomic E-state index is 0.00843. The van der Waals surface area contributed by atoms with Gasteiger partial charge in [0.1, 0.15) is 11.7 Å². The summed E-state index contributed by atoms with van der Waals surface area (Å²) in [7, 11) is 0. The van der Waals surface area contributed by atoms with Gasteiger partial charge < -0.3 is 9.80 Å². The molecule has 0 saturated carbocycles. The molecule has 2 aliphatic rings. The lowest BCUT2D eigenvalue weighted by Crippen LogP contribution is -2.55. The molecule has 1 aliphatic heterocycles. The van der Waals surface area contributed by atoms with E-state index in [1.54, 1.807) is 9.30 Å². The van der Waals surface area contributed by atoms with Crippen LogP contribution in [0.15, 0.2) is 36.4 Å². The molecule has 0 unspecified atom stereocenters. The zero-order valence-electron chi connectivity index (χ0n) is 14.5. The lowest BCUT2D eigenvalue weighted by Gasteiger charge is -2.37. The Kier molecular flexibility index (Phi) is 3.94. The number of para-hydroxylation sites is 1. The summed E-state index contributed by atoms with van der Waals surface area (Å²) in [5.41, 5.74) is 1.15. The Morgan fingerprint density at radius 1 is 1.19 bits per heavy atom. The number of nitrogens with zero attached hydrogens (tertiary/aromatic N) is 4. The summed E-state index contributed by atoms with van der Waals surface area (Å²) < 4.78 is 2.87. The summed E-state index contributed by atoms with van der Waals surface area (Å²) in [6.07, 6.45) is 6.01. The van der Waals surface area contributed by atoms with Crippen molar-refractivity contribution in [2.75, 3.05) is 19.6 Å². The van der Waals surface area contributed by atoms with Crippen LogP contribution in [-0.2, 0) is 4.79 Å². The van der Waals surface area contributed by atoms with Gasteiger partial charge in [-0.25, -0.2) is 4.98 Å². The minimum atomic E-state index is -0.280. The molecule has 1 saturated heterocycles. The lowest BCUT2D eigenvalue weighted by atomic mass is 10.1. The number of rotatable bonds is 2. The van der Waals surface area contributed by atoms with Crippen molar-refractivity contribution in [2.24, 2.45) is 0 Å². The molecule has 2 amide bonds. The number of thiazole rings is 1. The fourth-order valence-corrected chi connectivity index (χ4v) is 5.24. The van der Waals surface area contributed by atoms with E-state index >= 15 is 0 Å². The fourth-order valence-electron chi connectivity index (χ4n) is 3.87. The maximum absolute atomic E-state index is 13.0. The second-order valence-corrected chi connectivity index (χ2v) is 8.22. The molecule has 1 aliphatic carbocycles. The molecule has 2 aromatic heterocycles. The van der Waals surface area contributed by atoms with E-state index in [2.05, 4.69) is 17.1 Å². The zero-order valence-corrected chi connectivity index (χ0v) is 16.0. The van der Waals surface area contributed by atoms with Crippen molar-refractivity contribution < 1.29 is 9.59 Å². The summed E-state index contributed by atoms with van der Waals surface area (Å²) in [6.45, 7) is 1.14. The highest BCUT2D eigenvalue weighted by molar-refractivity contribution is 7.23. The molecule has 0 atom stereocenters. The van der Waals surface area contributed by atoms with E-state index in [0.29, 0.717) is 23.2 Å². The average molecular weight is 401 g/mol. The van der Waals surface area contributed by atoms with Crippen molar-refractivity contribution in [1.82, 2.24) is 19.2 Å². The van der Waals surface area contributed by atoms with Crippen molar-refractivity contribution >= 4 is 49.9 Å². The van der Waals surface area contributed by atoms with E-state index in [1.807, 2.05) is 29.2 Å². The van der Waals surface area contributed by atoms with Crippen LogP contribution in [0, 0.1) is 0 Å². The van der Waals surface area contributed by atoms with Gasteiger partial charge in [0.25, 0.3) is 5.91 Å².